The maximum absolute atomic E-state index is 14.5. The predicted octanol–water partition coefficient (Wildman–Crippen LogP) is 7.16. The SMILES string of the molecule is CCCCCc1ccc(C#Cc2ccc3c(F)c(C#CC(F)(F)F)c(F)cc3c2)cc1. The Balaban J connectivity index is 1.85. The fourth-order valence-corrected chi connectivity index (χ4v) is 3.13. The van der Waals surface area contributed by atoms with Gasteiger partial charge in [-0.05, 0) is 54.1 Å². The van der Waals surface area contributed by atoms with Crippen molar-refractivity contribution in [2.45, 2.75) is 38.8 Å². The zero-order chi connectivity index (χ0) is 22.4. The van der Waals surface area contributed by atoms with Gasteiger partial charge in [0.05, 0.1) is 5.56 Å². The van der Waals surface area contributed by atoms with Crippen molar-refractivity contribution in [1.29, 1.82) is 0 Å². The molecule has 0 aliphatic heterocycles. The quantitative estimate of drug-likeness (QED) is 0.236. The van der Waals surface area contributed by atoms with E-state index in [0.717, 1.165) is 30.4 Å². The number of rotatable bonds is 4. The van der Waals surface area contributed by atoms with Crippen molar-refractivity contribution >= 4 is 10.8 Å². The fourth-order valence-electron chi connectivity index (χ4n) is 3.13. The topological polar surface area (TPSA) is 0 Å². The summed E-state index contributed by atoms with van der Waals surface area (Å²) in [6.45, 7) is 2.16. The van der Waals surface area contributed by atoms with Crippen LogP contribution in [-0.2, 0) is 6.42 Å². The minimum atomic E-state index is -4.83. The van der Waals surface area contributed by atoms with Crippen molar-refractivity contribution < 1.29 is 22.0 Å². The Morgan fingerprint density at radius 1 is 0.806 bits per heavy atom. The summed E-state index contributed by atoms with van der Waals surface area (Å²) in [6, 6.07) is 13.3. The van der Waals surface area contributed by atoms with E-state index in [9.17, 15) is 22.0 Å². The molecule has 0 fully saturated rings. The van der Waals surface area contributed by atoms with Crippen molar-refractivity contribution in [3.05, 3.63) is 82.4 Å². The van der Waals surface area contributed by atoms with Gasteiger partial charge in [-0.3, -0.25) is 0 Å². The van der Waals surface area contributed by atoms with E-state index >= 15 is 0 Å². The van der Waals surface area contributed by atoms with E-state index in [4.69, 9.17) is 0 Å². The molecule has 0 aliphatic rings. The lowest BCUT2D eigenvalue weighted by Crippen LogP contribution is -2.02. The molecule has 0 nitrogen and oxygen atoms in total. The van der Waals surface area contributed by atoms with Gasteiger partial charge in [0.1, 0.15) is 11.6 Å². The summed E-state index contributed by atoms with van der Waals surface area (Å²) in [4.78, 5) is 0. The average Bonchev–Trinajstić information content (AvgIpc) is 2.72. The molecule has 0 N–H and O–H groups in total. The number of benzene rings is 3. The summed E-state index contributed by atoms with van der Waals surface area (Å²) in [5.74, 6) is 6.14. The number of hydrogen-bond acceptors (Lipinski definition) is 0. The van der Waals surface area contributed by atoms with Crippen LogP contribution in [0.15, 0.2) is 48.5 Å². The van der Waals surface area contributed by atoms with E-state index < -0.39 is 23.4 Å². The Morgan fingerprint density at radius 2 is 1.48 bits per heavy atom. The maximum Gasteiger partial charge on any atom is 0.458 e. The number of fused-ring (bicyclic) bond motifs is 1. The molecule has 0 radical (unpaired) electrons. The molecule has 3 aromatic rings. The van der Waals surface area contributed by atoms with Crippen LogP contribution in [0.2, 0.25) is 0 Å². The second-order valence-electron chi connectivity index (χ2n) is 7.14. The highest BCUT2D eigenvalue weighted by molar-refractivity contribution is 5.86. The smallest absolute Gasteiger partial charge is 0.205 e. The van der Waals surface area contributed by atoms with Crippen molar-refractivity contribution in [1.82, 2.24) is 0 Å². The fraction of sp³-hybridized carbons (Fsp3) is 0.231. The van der Waals surface area contributed by atoms with Crippen molar-refractivity contribution in [3.63, 3.8) is 0 Å². The van der Waals surface area contributed by atoms with Gasteiger partial charge in [0.25, 0.3) is 0 Å². The van der Waals surface area contributed by atoms with Crippen molar-refractivity contribution in [3.8, 4) is 23.7 Å². The third kappa shape index (κ3) is 6.09. The summed E-state index contributed by atoms with van der Waals surface area (Å²) >= 11 is 0. The van der Waals surface area contributed by atoms with Crippen LogP contribution in [0.5, 0.6) is 0 Å². The summed E-state index contributed by atoms with van der Waals surface area (Å²) in [5, 5.41) is 0.181. The van der Waals surface area contributed by atoms with Gasteiger partial charge >= 0.3 is 6.18 Å². The molecule has 0 aromatic heterocycles. The third-order valence-electron chi connectivity index (χ3n) is 4.73. The summed E-state index contributed by atoms with van der Waals surface area (Å²) < 4.78 is 65.4. The Kier molecular flexibility index (Phi) is 6.98. The van der Waals surface area contributed by atoms with Crippen LogP contribution < -0.4 is 0 Å². The van der Waals surface area contributed by atoms with Gasteiger partial charge in [-0.2, -0.15) is 13.2 Å². The van der Waals surface area contributed by atoms with Crippen molar-refractivity contribution in [2.75, 3.05) is 0 Å². The Labute approximate surface area is 178 Å². The maximum atomic E-state index is 14.5. The number of unbranched alkanes of at least 4 members (excludes halogenated alkanes) is 2. The number of alkyl halides is 3. The summed E-state index contributed by atoms with van der Waals surface area (Å²) in [6.07, 6.45) is -0.290. The molecular weight excluding hydrogens is 407 g/mol. The Bertz CT molecular complexity index is 1200. The zero-order valence-electron chi connectivity index (χ0n) is 16.8. The van der Waals surface area contributed by atoms with Gasteiger partial charge in [-0.15, -0.1) is 0 Å². The first-order valence-electron chi connectivity index (χ1n) is 9.89. The number of hydrogen-bond donors (Lipinski definition) is 0. The predicted molar refractivity (Wildman–Crippen MR) is 112 cm³/mol. The molecule has 0 aliphatic carbocycles. The molecule has 0 saturated heterocycles. The average molecular weight is 426 g/mol. The molecule has 5 heteroatoms. The van der Waals surface area contributed by atoms with Crippen LogP contribution in [0.3, 0.4) is 0 Å². The van der Waals surface area contributed by atoms with E-state index in [-0.39, 0.29) is 10.8 Å². The molecule has 0 bridgehead atoms. The first-order chi connectivity index (χ1) is 14.8. The molecule has 0 heterocycles. The summed E-state index contributed by atoms with van der Waals surface area (Å²) in [7, 11) is 0. The first kappa shape index (κ1) is 22.4. The van der Waals surface area contributed by atoms with Gasteiger partial charge in [0.2, 0.25) is 0 Å². The molecule has 158 valence electrons. The molecule has 3 aromatic carbocycles. The van der Waals surface area contributed by atoms with Gasteiger partial charge in [0.15, 0.2) is 0 Å². The van der Waals surface area contributed by atoms with Crippen LogP contribution in [0.4, 0.5) is 22.0 Å². The van der Waals surface area contributed by atoms with E-state index in [0.29, 0.717) is 5.56 Å². The minimum Gasteiger partial charge on any atom is -0.205 e. The Morgan fingerprint density at radius 3 is 2.16 bits per heavy atom. The second-order valence-corrected chi connectivity index (χ2v) is 7.14. The second kappa shape index (κ2) is 9.67. The van der Waals surface area contributed by atoms with Crippen LogP contribution >= 0.6 is 0 Å². The van der Waals surface area contributed by atoms with Crippen LogP contribution in [0.1, 0.15) is 48.4 Å². The normalized spacial score (nSPS) is 10.9. The van der Waals surface area contributed by atoms with E-state index in [1.165, 1.54) is 36.6 Å². The van der Waals surface area contributed by atoms with E-state index in [2.05, 4.69) is 18.8 Å². The number of aryl methyl sites for hydroxylation is 1. The molecular formula is C26H19F5. The third-order valence-corrected chi connectivity index (χ3v) is 4.73. The Hall–Kier alpha value is -3.31. The van der Waals surface area contributed by atoms with Gasteiger partial charge < -0.3 is 0 Å². The molecule has 0 spiro atoms. The molecule has 0 saturated carbocycles. The highest BCUT2D eigenvalue weighted by Gasteiger charge is 2.23. The van der Waals surface area contributed by atoms with Crippen molar-refractivity contribution in [2.24, 2.45) is 0 Å². The minimum absolute atomic E-state index is 0.0187. The molecule has 0 amide bonds. The van der Waals surface area contributed by atoms with E-state index in [1.807, 2.05) is 24.3 Å². The van der Waals surface area contributed by atoms with Gasteiger partial charge in [-0.1, -0.05) is 55.7 Å². The van der Waals surface area contributed by atoms with Gasteiger partial charge in [0, 0.05) is 22.4 Å². The molecule has 31 heavy (non-hydrogen) atoms. The monoisotopic (exact) mass is 426 g/mol. The summed E-state index contributed by atoms with van der Waals surface area (Å²) in [5.41, 5.74) is 1.70. The number of halogens is 5. The standard InChI is InChI=1S/C26H19F5/c1-2-3-4-5-18-6-8-19(9-7-18)10-11-20-12-13-22-21(16-20)17-24(27)23(25(22)28)14-15-26(29,30)31/h6-9,12-13,16-17H,2-5H2,1H3. The first-order valence-corrected chi connectivity index (χ1v) is 9.89. The molecule has 0 atom stereocenters. The lowest BCUT2D eigenvalue weighted by atomic mass is 10.0. The molecule has 3 rings (SSSR count). The molecule has 0 unspecified atom stereocenters. The van der Waals surface area contributed by atoms with Crippen LogP contribution in [-0.4, -0.2) is 6.18 Å². The lowest BCUT2D eigenvalue weighted by Gasteiger charge is -2.05. The highest BCUT2D eigenvalue weighted by Crippen LogP contribution is 2.25. The lowest BCUT2D eigenvalue weighted by molar-refractivity contribution is -0.0696. The highest BCUT2D eigenvalue weighted by atomic mass is 19.4. The van der Waals surface area contributed by atoms with Crippen LogP contribution in [0.25, 0.3) is 10.8 Å². The largest absolute Gasteiger partial charge is 0.458 e. The van der Waals surface area contributed by atoms with Crippen LogP contribution in [0, 0.1) is 35.3 Å². The van der Waals surface area contributed by atoms with Gasteiger partial charge in [-0.25, -0.2) is 8.78 Å². The van der Waals surface area contributed by atoms with E-state index in [1.54, 1.807) is 5.92 Å². The zero-order valence-corrected chi connectivity index (χ0v) is 16.8.